The minimum atomic E-state index is -0.322. The summed E-state index contributed by atoms with van der Waals surface area (Å²) in [7, 11) is 0. The summed E-state index contributed by atoms with van der Waals surface area (Å²) >= 11 is 0. The van der Waals surface area contributed by atoms with Gasteiger partial charge in [-0.2, -0.15) is 0 Å². The molecule has 2 aliphatic rings. The average Bonchev–Trinajstić information content (AvgIpc) is 2.69. The minimum Gasteiger partial charge on any atom is -0.369 e. The second-order valence-corrected chi connectivity index (χ2v) is 4.29. The van der Waals surface area contributed by atoms with Gasteiger partial charge >= 0.3 is 0 Å². The maximum Gasteiger partial charge on any atom is 0.228 e. The minimum absolute atomic E-state index is 0.132. The van der Waals surface area contributed by atoms with Crippen molar-refractivity contribution >= 4 is 5.91 Å². The monoisotopic (exact) mass is 191 g/mol. The highest BCUT2D eigenvalue weighted by Gasteiger charge is 2.41. The van der Waals surface area contributed by atoms with Gasteiger partial charge in [0.25, 0.3) is 0 Å². The third-order valence-corrected chi connectivity index (χ3v) is 3.48. The lowest BCUT2D eigenvalue weighted by atomic mass is 9.76. The van der Waals surface area contributed by atoms with Crippen LogP contribution in [0.3, 0.4) is 0 Å². The highest BCUT2D eigenvalue weighted by atomic mass is 16.1. The van der Waals surface area contributed by atoms with E-state index in [4.69, 9.17) is 5.73 Å². The maximum atomic E-state index is 11.6. The first kappa shape index (κ1) is 9.50. The molecule has 2 N–H and O–H groups in total. The van der Waals surface area contributed by atoms with E-state index in [1.54, 1.807) is 0 Å². The Hall–Kier alpha value is -1.05. The van der Waals surface area contributed by atoms with Crippen molar-refractivity contribution in [3.63, 3.8) is 0 Å². The van der Waals surface area contributed by atoms with E-state index in [1.807, 2.05) is 0 Å². The van der Waals surface area contributed by atoms with Crippen LogP contribution in [0.4, 0.5) is 0 Å². The van der Waals surface area contributed by atoms with Gasteiger partial charge in [0.1, 0.15) is 0 Å². The van der Waals surface area contributed by atoms with Crippen molar-refractivity contribution in [3.8, 4) is 0 Å². The van der Waals surface area contributed by atoms with Crippen molar-refractivity contribution in [2.75, 3.05) is 0 Å². The highest BCUT2D eigenvalue weighted by molar-refractivity contribution is 5.85. The molecule has 0 aromatic rings. The van der Waals surface area contributed by atoms with E-state index in [-0.39, 0.29) is 11.3 Å². The van der Waals surface area contributed by atoms with E-state index in [0.29, 0.717) is 0 Å². The lowest BCUT2D eigenvalue weighted by Gasteiger charge is -2.28. The van der Waals surface area contributed by atoms with Crippen LogP contribution in [0.5, 0.6) is 0 Å². The van der Waals surface area contributed by atoms with Gasteiger partial charge in [0.15, 0.2) is 0 Å². The fraction of sp³-hybridized carbons (Fsp3) is 0.583. The van der Waals surface area contributed by atoms with Crippen molar-refractivity contribution in [1.82, 2.24) is 0 Å². The first-order valence-electron chi connectivity index (χ1n) is 5.43. The number of hydrogen-bond donors (Lipinski definition) is 1. The van der Waals surface area contributed by atoms with Crippen molar-refractivity contribution < 1.29 is 4.79 Å². The Morgan fingerprint density at radius 1 is 1.29 bits per heavy atom. The molecule has 0 atom stereocenters. The molecular formula is C12H17NO. The number of carbonyl (C=O) groups excluding carboxylic acids is 1. The topological polar surface area (TPSA) is 43.1 Å². The highest BCUT2D eigenvalue weighted by Crippen LogP contribution is 2.45. The van der Waals surface area contributed by atoms with Gasteiger partial charge in [0.05, 0.1) is 5.41 Å². The van der Waals surface area contributed by atoms with Crippen LogP contribution in [-0.4, -0.2) is 5.91 Å². The molecule has 0 heterocycles. The van der Waals surface area contributed by atoms with Crippen LogP contribution in [0.1, 0.15) is 38.5 Å². The molecule has 2 rings (SSSR count). The zero-order valence-electron chi connectivity index (χ0n) is 8.46. The van der Waals surface area contributed by atoms with Crippen molar-refractivity contribution in [3.05, 3.63) is 23.8 Å². The molecular weight excluding hydrogens is 174 g/mol. The molecule has 1 amide bonds. The van der Waals surface area contributed by atoms with E-state index < -0.39 is 0 Å². The number of allylic oxidation sites excluding steroid dienone is 3. The van der Waals surface area contributed by atoms with Crippen LogP contribution >= 0.6 is 0 Å². The van der Waals surface area contributed by atoms with E-state index in [2.05, 4.69) is 18.2 Å². The number of rotatable bonds is 2. The summed E-state index contributed by atoms with van der Waals surface area (Å²) in [5.41, 5.74) is 6.40. The molecule has 76 valence electrons. The molecule has 1 saturated carbocycles. The standard InChI is InChI=1S/C12H17NO/c13-11(14)12(8-4-5-9-12)10-6-2-1-3-7-10/h2,6-7H,1,3-5,8-9H2,(H2,13,14). The number of amides is 1. The lowest BCUT2D eigenvalue weighted by Crippen LogP contribution is -2.36. The predicted molar refractivity (Wildman–Crippen MR) is 56.6 cm³/mol. The van der Waals surface area contributed by atoms with Gasteiger partial charge < -0.3 is 5.73 Å². The SMILES string of the molecule is NC(=O)C1(C2=CCCC=C2)CCCC1. The summed E-state index contributed by atoms with van der Waals surface area (Å²) in [6, 6.07) is 0. The molecule has 0 bridgehead atoms. The quantitative estimate of drug-likeness (QED) is 0.715. The summed E-state index contributed by atoms with van der Waals surface area (Å²) in [4.78, 5) is 11.6. The number of hydrogen-bond acceptors (Lipinski definition) is 1. The molecule has 0 saturated heterocycles. The molecule has 0 aliphatic heterocycles. The van der Waals surface area contributed by atoms with Crippen LogP contribution in [-0.2, 0) is 4.79 Å². The first-order chi connectivity index (χ1) is 6.76. The van der Waals surface area contributed by atoms with E-state index in [9.17, 15) is 4.79 Å². The van der Waals surface area contributed by atoms with Gasteiger partial charge in [0.2, 0.25) is 5.91 Å². The third-order valence-electron chi connectivity index (χ3n) is 3.48. The Balaban J connectivity index is 2.30. The Labute approximate surface area is 84.9 Å². The Morgan fingerprint density at radius 2 is 2.00 bits per heavy atom. The lowest BCUT2D eigenvalue weighted by molar-refractivity contribution is -0.125. The van der Waals surface area contributed by atoms with Crippen LogP contribution in [0.15, 0.2) is 23.8 Å². The van der Waals surface area contributed by atoms with E-state index >= 15 is 0 Å². The smallest absolute Gasteiger partial charge is 0.228 e. The molecule has 0 aromatic carbocycles. The number of carbonyl (C=O) groups is 1. The van der Waals surface area contributed by atoms with Crippen molar-refractivity contribution in [2.24, 2.45) is 11.1 Å². The maximum absolute atomic E-state index is 11.6. The molecule has 14 heavy (non-hydrogen) atoms. The van der Waals surface area contributed by atoms with Crippen LogP contribution in [0.2, 0.25) is 0 Å². The van der Waals surface area contributed by atoms with Crippen LogP contribution in [0.25, 0.3) is 0 Å². The zero-order chi connectivity index (χ0) is 10.0. The Kier molecular flexibility index (Phi) is 2.44. The number of nitrogens with two attached hydrogens (primary N) is 1. The summed E-state index contributed by atoms with van der Waals surface area (Å²) in [5, 5.41) is 0. The molecule has 0 unspecified atom stereocenters. The molecule has 0 spiro atoms. The molecule has 0 aromatic heterocycles. The number of primary amides is 1. The van der Waals surface area contributed by atoms with Gasteiger partial charge in [-0.25, -0.2) is 0 Å². The summed E-state index contributed by atoms with van der Waals surface area (Å²) in [6.07, 6.45) is 12.7. The predicted octanol–water partition coefficient (Wildman–Crippen LogP) is 2.31. The van der Waals surface area contributed by atoms with Crippen molar-refractivity contribution in [1.29, 1.82) is 0 Å². The summed E-state index contributed by atoms with van der Waals surface area (Å²) in [6.45, 7) is 0. The Morgan fingerprint density at radius 3 is 2.50 bits per heavy atom. The largest absolute Gasteiger partial charge is 0.369 e. The van der Waals surface area contributed by atoms with Crippen LogP contribution in [0, 0.1) is 5.41 Å². The first-order valence-corrected chi connectivity index (χ1v) is 5.43. The Bertz CT molecular complexity index is 295. The molecule has 2 heteroatoms. The van der Waals surface area contributed by atoms with E-state index in [1.165, 1.54) is 5.57 Å². The fourth-order valence-corrected chi connectivity index (χ4v) is 2.62. The van der Waals surface area contributed by atoms with Crippen LogP contribution < -0.4 is 5.73 Å². The fourth-order valence-electron chi connectivity index (χ4n) is 2.62. The summed E-state index contributed by atoms with van der Waals surface area (Å²) in [5.74, 6) is -0.132. The second kappa shape index (κ2) is 3.60. The summed E-state index contributed by atoms with van der Waals surface area (Å²) < 4.78 is 0. The van der Waals surface area contributed by atoms with Gasteiger partial charge in [-0.3, -0.25) is 4.79 Å². The molecule has 1 fully saturated rings. The second-order valence-electron chi connectivity index (χ2n) is 4.29. The third kappa shape index (κ3) is 1.39. The molecule has 2 nitrogen and oxygen atoms in total. The average molecular weight is 191 g/mol. The molecule has 2 aliphatic carbocycles. The van der Waals surface area contributed by atoms with E-state index in [0.717, 1.165) is 38.5 Å². The van der Waals surface area contributed by atoms with Gasteiger partial charge in [0, 0.05) is 0 Å². The molecule has 0 radical (unpaired) electrons. The normalized spacial score (nSPS) is 24.7. The van der Waals surface area contributed by atoms with Gasteiger partial charge in [-0.15, -0.1) is 0 Å². The van der Waals surface area contributed by atoms with Gasteiger partial charge in [-0.1, -0.05) is 31.1 Å². The van der Waals surface area contributed by atoms with Crippen molar-refractivity contribution in [2.45, 2.75) is 38.5 Å². The van der Waals surface area contributed by atoms with Gasteiger partial charge in [-0.05, 0) is 31.3 Å². The zero-order valence-corrected chi connectivity index (χ0v) is 8.46.